The fourth-order valence-corrected chi connectivity index (χ4v) is 3.26. The smallest absolute Gasteiger partial charge is 0.273 e. The molecule has 5 heteroatoms. The second-order valence-electron chi connectivity index (χ2n) is 5.16. The number of amides is 1. The highest BCUT2D eigenvalue weighted by Crippen LogP contribution is 2.24. The van der Waals surface area contributed by atoms with E-state index in [-0.39, 0.29) is 17.7 Å². The Bertz CT molecular complexity index is 625. The van der Waals surface area contributed by atoms with Gasteiger partial charge in [0.05, 0.1) is 5.51 Å². The molecule has 1 aromatic carbocycles. The summed E-state index contributed by atoms with van der Waals surface area (Å²) in [6.45, 7) is 0.711. The molecule has 4 nitrogen and oxygen atoms in total. The van der Waals surface area contributed by atoms with Crippen molar-refractivity contribution >= 4 is 23.0 Å². The molecule has 1 saturated heterocycles. The topological polar surface area (TPSA) is 50.3 Å². The standard InChI is InChI=1S/C16H16N2O2S/c19-15(12-5-2-1-3-6-12)9-13-7-4-8-18(13)16(20)14-10-21-11-17-14/h1-3,5-6,10-11,13H,4,7-9H2/t13-/m0/s1. The quantitative estimate of drug-likeness (QED) is 0.816. The van der Waals surface area contributed by atoms with Crippen LogP contribution in [0.15, 0.2) is 41.2 Å². The number of aromatic nitrogens is 1. The van der Waals surface area contributed by atoms with Crippen molar-refractivity contribution in [1.29, 1.82) is 0 Å². The van der Waals surface area contributed by atoms with Gasteiger partial charge >= 0.3 is 0 Å². The van der Waals surface area contributed by atoms with E-state index in [1.54, 1.807) is 15.8 Å². The van der Waals surface area contributed by atoms with Gasteiger partial charge in [-0.2, -0.15) is 0 Å². The van der Waals surface area contributed by atoms with E-state index >= 15 is 0 Å². The van der Waals surface area contributed by atoms with Crippen LogP contribution in [-0.4, -0.2) is 34.2 Å². The van der Waals surface area contributed by atoms with Gasteiger partial charge in [-0.05, 0) is 12.8 Å². The molecule has 0 aliphatic carbocycles. The molecule has 0 bridgehead atoms. The number of hydrogen-bond donors (Lipinski definition) is 0. The zero-order valence-corrected chi connectivity index (χ0v) is 12.4. The van der Waals surface area contributed by atoms with Crippen LogP contribution >= 0.6 is 11.3 Å². The third kappa shape index (κ3) is 3.03. The Hall–Kier alpha value is -2.01. The first-order valence-corrected chi connectivity index (χ1v) is 7.97. The first kappa shape index (κ1) is 13.9. The molecule has 108 valence electrons. The van der Waals surface area contributed by atoms with Crippen LogP contribution < -0.4 is 0 Å². The number of rotatable bonds is 4. The molecular formula is C16H16N2O2S. The second-order valence-corrected chi connectivity index (χ2v) is 5.88. The molecule has 0 unspecified atom stereocenters. The number of hydrogen-bond acceptors (Lipinski definition) is 4. The Morgan fingerprint density at radius 3 is 2.81 bits per heavy atom. The molecule has 2 heterocycles. The Balaban J connectivity index is 1.70. The van der Waals surface area contributed by atoms with Crippen molar-refractivity contribution < 1.29 is 9.59 Å². The SMILES string of the molecule is O=C(C[C@@H]1CCCN1C(=O)c1cscn1)c1ccccc1. The zero-order valence-electron chi connectivity index (χ0n) is 11.6. The van der Waals surface area contributed by atoms with Crippen molar-refractivity contribution in [3.63, 3.8) is 0 Å². The van der Waals surface area contributed by atoms with Gasteiger partial charge in [0.25, 0.3) is 5.91 Å². The Morgan fingerprint density at radius 1 is 1.29 bits per heavy atom. The third-order valence-electron chi connectivity index (χ3n) is 3.81. The van der Waals surface area contributed by atoms with E-state index in [0.29, 0.717) is 24.2 Å². The van der Waals surface area contributed by atoms with E-state index in [1.807, 2.05) is 30.3 Å². The second kappa shape index (κ2) is 6.18. The molecule has 2 aromatic rings. The predicted molar refractivity (Wildman–Crippen MR) is 81.6 cm³/mol. The van der Waals surface area contributed by atoms with Crippen LogP contribution in [-0.2, 0) is 0 Å². The van der Waals surface area contributed by atoms with Crippen LogP contribution in [0.4, 0.5) is 0 Å². The van der Waals surface area contributed by atoms with Crippen molar-refractivity contribution in [3.05, 3.63) is 52.5 Å². The van der Waals surface area contributed by atoms with Crippen LogP contribution in [0.2, 0.25) is 0 Å². The highest BCUT2D eigenvalue weighted by atomic mass is 32.1. The van der Waals surface area contributed by atoms with Crippen LogP contribution in [0.5, 0.6) is 0 Å². The minimum Gasteiger partial charge on any atom is -0.334 e. The van der Waals surface area contributed by atoms with E-state index < -0.39 is 0 Å². The lowest BCUT2D eigenvalue weighted by Crippen LogP contribution is -2.37. The van der Waals surface area contributed by atoms with Crippen LogP contribution in [0.3, 0.4) is 0 Å². The minimum absolute atomic E-state index is 0.00749. The van der Waals surface area contributed by atoms with Crippen LogP contribution in [0.25, 0.3) is 0 Å². The number of carbonyl (C=O) groups is 2. The highest BCUT2D eigenvalue weighted by molar-refractivity contribution is 7.07. The number of benzene rings is 1. The largest absolute Gasteiger partial charge is 0.334 e. The third-order valence-corrected chi connectivity index (χ3v) is 4.39. The number of Topliss-reactive ketones (excluding diaryl/α,β-unsaturated/α-hetero) is 1. The lowest BCUT2D eigenvalue weighted by atomic mass is 10.0. The molecule has 21 heavy (non-hydrogen) atoms. The van der Waals surface area contributed by atoms with Crippen molar-refractivity contribution in [2.24, 2.45) is 0 Å². The molecular weight excluding hydrogens is 284 g/mol. The summed E-state index contributed by atoms with van der Waals surface area (Å²) in [6, 6.07) is 9.25. The van der Waals surface area contributed by atoms with E-state index in [9.17, 15) is 9.59 Å². The number of likely N-dealkylation sites (tertiary alicyclic amines) is 1. The van der Waals surface area contributed by atoms with Gasteiger partial charge in [0.2, 0.25) is 0 Å². The Labute approximate surface area is 127 Å². The number of nitrogens with zero attached hydrogens (tertiary/aromatic N) is 2. The molecule has 1 atom stereocenters. The normalized spacial score (nSPS) is 17.9. The average molecular weight is 300 g/mol. The summed E-state index contributed by atoms with van der Waals surface area (Å²) in [5.41, 5.74) is 2.86. The molecule has 0 spiro atoms. The first-order chi connectivity index (χ1) is 10.3. The fourth-order valence-electron chi connectivity index (χ4n) is 2.74. The van der Waals surface area contributed by atoms with E-state index in [0.717, 1.165) is 12.8 Å². The average Bonchev–Trinajstić information content (AvgIpc) is 3.19. The van der Waals surface area contributed by atoms with Gasteiger partial charge in [0, 0.05) is 30.0 Å². The number of thiazole rings is 1. The van der Waals surface area contributed by atoms with Gasteiger partial charge < -0.3 is 4.90 Å². The monoisotopic (exact) mass is 300 g/mol. The predicted octanol–water partition coefficient (Wildman–Crippen LogP) is 3.02. The molecule has 3 rings (SSSR count). The van der Waals surface area contributed by atoms with Crippen LogP contribution in [0, 0.1) is 0 Å². The summed E-state index contributed by atoms with van der Waals surface area (Å²) in [4.78, 5) is 30.6. The summed E-state index contributed by atoms with van der Waals surface area (Å²) in [7, 11) is 0. The molecule has 0 N–H and O–H groups in total. The number of ketones is 1. The molecule has 0 saturated carbocycles. The maximum Gasteiger partial charge on any atom is 0.273 e. The molecule has 1 aromatic heterocycles. The first-order valence-electron chi connectivity index (χ1n) is 7.03. The molecule has 1 amide bonds. The minimum atomic E-state index is -0.0559. The van der Waals surface area contributed by atoms with Crippen LogP contribution in [0.1, 0.15) is 40.1 Å². The van der Waals surface area contributed by atoms with Gasteiger partial charge in [-0.15, -0.1) is 11.3 Å². The molecule has 1 aliphatic heterocycles. The number of carbonyl (C=O) groups excluding carboxylic acids is 2. The van der Waals surface area contributed by atoms with Crippen molar-refractivity contribution in [2.45, 2.75) is 25.3 Å². The van der Waals surface area contributed by atoms with E-state index in [1.165, 1.54) is 11.3 Å². The Kier molecular flexibility index (Phi) is 4.10. The molecule has 0 radical (unpaired) electrons. The highest BCUT2D eigenvalue weighted by Gasteiger charge is 2.31. The van der Waals surface area contributed by atoms with E-state index in [4.69, 9.17) is 0 Å². The van der Waals surface area contributed by atoms with Gasteiger partial charge in [0.1, 0.15) is 5.69 Å². The lowest BCUT2D eigenvalue weighted by molar-refractivity contribution is 0.0712. The van der Waals surface area contributed by atoms with Crippen molar-refractivity contribution in [3.8, 4) is 0 Å². The van der Waals surface area contributed by atoms with Gasteiger partial charge in [0.15, 0.2) is 5.78 Å². The Morgan fingerprint density at radius 2 is 2.10 bits per heavy atom. The van der Waals surface area contributed by atoms with Gasteiger partial charge in [-0.25, -0.2) is 4.98 Å². The van der Waals surface area contributed by atoms with Crippen molar-refractivity contribution in [1.82, 2.24) is 9.88 Å². The molecule has 1 aliphatic rings. The zero-order chi connectivity index (χ0) is 14.7. The van der Waals surface area contributed by atoms with E-state index in [2.05, 4.69) is 4.98 Å². The van der Waals surface area contributed by atoms with Crippen molar-refractivity contribution in [2.75, 3.05) is 6.54 Å². The maximum absolute atomic E-state index is 12.4. The molecule has 1 fully saturated rings. The summed E-state index contributed by atoms with van der Waals surface area (Å²) in [5.74, 6) is 0.0400. The maximum atomic E-state index is 12.4. The summed E-state index contributed by atoms with van der Waals surface area (Å²) in [5, 5.41) is 1.76. The summed E-state index contributed by atoms with van der Waals surface area (Å²) >= 11 is 1.41. The lowest BCUT2D eigenvalue weighted by Gasteiger charge is -2.23. The van der Waals surface area contributed by atoms with Gasteiger partial charge in [-0.1, -0.05) is 30.3 Å². The summed E-state index contributed by atoms with van der Waals surface area (Å²) in [6.07, 6.45) is 2.22. The fraction of sp³-hybridized carbons (Fsp3) is 0.312. The summed E-state index contributed by atoms with van der Waals surface area (Å²) < 4.78 is 0. The van der Waals surface area contributed by atoms with Gasteiger partial charge in [-0.3, -0.25) is 9.59 Å².